The predicted molar refractivity (Wildman–Crippen MR) is 38.4 cm³/mol. The minimum absolute atomic E-state index is 0.948. The summed E-state index contributed by atoms with van der Waals surface area (Å²) in [6.07, 6.45) is 4.41. The Labute approximate surface area is 57.0 Å². The van der Waals surface area contributed by atoms with E-state index in [0.717, 1.165) is 18.0 Å². The van der Waals surface area contributed by atoms with E-state index in [9.17, 15) is 0 Å². The molecule has 0 aromatic rings. The molecule has 0 N–H and O–H groups in total. The number of rotatable bonds is 0. The van der Waals surface area contributed by atoms with Gasteiger partial charge in [-0.15, -0.1) is 0 Å². The molecule has 3 atom stereocenters. The zero-order chi connectivity index (χ0) is 6.43. The third-order valence-corrected chi connectivity index (χ3v) is 3.22. The van der Waals surface area contributed by atoms with Gasteiger partial charge in [-0.1, -0.05) is 6.92 Å². The molecule has 3 rings (SSSR count). The smallest absolute Gasteiger partial charge is 0.0136 e. The largest absolute Gasteiger partial charge is 0.300 e. The Bertz CT molecular complexity index is 116. The van der Waals surface area contributed by atoms with Crippen molar-refractivity contribution < 1.29 is 0 Å². The van der Waals surface area contributed by atoms with Crippen molar-refractivity contribution in [2.24, 2.45) is 5.92 Å². The molecule has 2 heterocycles. The van der Waals surface area contributed by atoms with E-state index < -0.39 is 0 Å². The second-order valence-corrected chi connectivity index (χ2v) is 3.68. The lowest BCUT2D eigenvalue weighted by atomic mass is 9.74. The first kappa shape index (κ1) is 5.72. The van der Waals surface area contributed by atoms with Crippen LogP contribution in [0, 0.1) is 5.92 Å². The standard InChI is InChI=1S/C8H15N/c1-6-3-4-7-5-8(6)9(7)2/h6-8H,3-5H2,1-2H3/t6-,7?,8?/m0/s1. The lowest BCUT2D eigenvalue weighted by Crippen LogP contribution is -2.59. The number of piperidine rings is 1. The first-order chi connectivity index (χ1) is 4.29. The Morgan fingerprint density at radius 1 is 1.33 bits per heavy atom. The van der Waals surface area contributed by atoms with E-state index in [1.807, 2.05) is 0 Å². The Morgan fingerprint density at radius 2 is 2.11 bits per heavy atom. The van der Waals surface area contributed by atoms with Gasteiger partial charge in [0.1, 0.15) is 0 Å². The molecule has 1 nitrogen and oxygen atoms in total. The van der Waals surface area contributed by atoms with Gasteiger partial charge in [0.2, 0.25) is 0 Å². The summed E-state index contributed by atoms with van der Waals surface area (Å²) in [7, 11) is 2.27. The molecule has 0 aromatic carbocycles. The van der Waals surface area contributed by atoms with Crippen LogP contribution < -0.4 is 0 Å². The molecular formula is C8H15N. The summed E-state index contributed by atoms with van der Waals surface area (Å²) >= 11 is 0. The van der Waals surface area contributed by atoms with E-state index in [0.29, 0.717) is 0 Å². The molecule has 9 heavy (non-hydrogen) atoms. The van der Waals surface area contributed by atoms with Gasteiger partial charge in [-0.3, -0.25) is 0 Å². The molecule has 3 aliphatic rings. The van der Waals surface area contributed by atoms with Crippen molar-refractivity contribution in [3.63, 3.8) is 0 Å². The highest BCUT2D eigenvalue weighted by molar-refractivity contribution is 4.97. The average molecular weight is 125 g/mol. The quantitative estimate of drug-likeness (QED) is 0.474. The first-order valence-electron chi connectivity index (χ1n) is 4.01. The van der Waals surface area contributed by atoms with Crippen molar-refractivity contribution in [3.8, 4) is 0 Å². The van der Waals surface area contributed by atoms with Gasteiger partial charge in [0.05, 0.1) is 0 Å². The highest BCUT2D eigenvalue weighted by Gasteiger charge is 2.42. The average Bonchev–Trinajstić information content (AvgIpc) is 1.86. The molecule has 52 valence electrons. The maximum absolute atomic E-state index is 2.55. The number of hydrogen-bond acceptors (Lipinski definition) is 1. The van der Waals surface area contributed by atoms with E-state index in [1.54, 1.807) is 0 Å². The Hall–Kier alpha value is -0.0400. The summed E-state index contributed by atoms with van der Waals surface area (Å²) in [4.78, 5) is 2.55. The highest BCUT2D eigenvalue weighted by atomic mass is 15.2. The third kappa shape index (κ3) is 0.644. The number of fused-ring (bicyclic) bond motifs is 2. The minimum Gasteiger partial charge on any atom is -0.300 e. The topological polar surface area (TPSA) is 3.24 Å². The fourth-order valence-corrected chi connectivity index (χ4v) is 2.35. The SMILES string of the molecule is C[C@H]1CCC2CC1N2C. The van der Waals surface area contributed by atoms with Gasteiger partial charge in [-0.25, -0.2) is 0 Å². The van der Waals surface area contributed by atoms with Crippen LogP contribution >= 0.6 is 0 Å². The van der Waals surface area contributed by atoms with E-state index >= 15 is 0 Å². The highest BCUT2D eigenvalue weighted by Crippen LogP contribution is 2.39. The van der Waals surface area contributed by atoms with E-state index in [1.165, 1.54) is 19.3 Å². The molecule has 2 unspecified atom stereocenters. The summed E-state index contributed by atoms with van der Waals surface area (Å²) in [6.45, 7) is 2.39. The molecular weight excluding hydrogens is 110 g/mol. The molecule has 1 saturated carbocycles. The Balaban J connectivity index is 2.06. The summed E-state index contributed by atoms with van der Waals surface area (Å²) in [5.74, 6) is 0.972. The van der Waals surface area contributed by atoms with Crippen molar-refractivity contribution >= 4 is 0 Å². The fourth-order valence-electron chi connectivity index (χ4n) is 2.35. The van der Waals surface area contributed by atoms with Crippen molar-refractivity contribution in [1.29, 1.82) is 0 Å². The van der Waals surface area contributed by atoms with Crippen LogP contribution in [0.3, 0.4) is 0 Å². The van der Waals surface area contributed by atoms with Crippen LogP contribution in [0.1, 0.15) is 26.2 Å². The zero-order valence-electron chi connectivity index (χ0n) is 6.30. The minimum atomic E-state index is 0.948. The molecule has 2 saturated heterocycles. The molecule has 2 bridgehead atoms. The molecule has 2 aliphatic heterocycles. The molecule has 0 spiro atoms. The molecule has 0 aromatic heterocycles. The monoisotopic (exact) mass is 125 g/mol. The van der Waals surface area contributed by atoms with Crippen molar-refractivity contribution in [2.75, 3.05) is 7.05 Å². The fraction of sp³-hybridized carbons (Fsp3) is 1.00. The van der Waals surface area contributed by atoms with Crippen LogP contribution in [0.2, 0.25) is 0 Å². The number of nitrogens with zero attached hydrogens (tertiary/aromatic N) is 1. The molecule has 0 amide bonds. The summed E-state index contributed by atoms with van der Waals surface area (Å²) in [5.41, 5.74) is 0. The summed E-state index contributed by atoms with van der Waals surface area (Å²) in [6, 6.07) is 1.91. The van der Waals surface area contributed by atoms with E-state index in [4.69, 9.17) is 0 Å². The van der Waals surface area contributed by atoms with Gasteiger partial charge in [-0.2, -0.15) is 0 Å². The first-order valence-corrected chi connectivity index (χ1v) is 4.01. The second-order valence-electron chi connectivity index (χ2n) is 3.68. The maximum Gasteiger partial charge on any atom is 0.0136 e. The van der Waals surface area contributed by atoms with Gasteiger partial charge < -0.3 is 4.90 Å². The van der Waals surface area contributed by atoms with Crippen molar-refractivity contribution in [3.05, 3.63) is 0 Å². The lowest BCUT2D eigenvalue weighted by Gasteiger charge is -2.54. The van der Waals surface area contributed by atoms with Crippen LogP contribution in [-0.4, -0.2) is 24.0 Å². The van der Waals surface area contributed by atoms with Crippen LogP contribution in [0.15, 0.2) is 0 Å². The van der Waals surface area contributed by atoms with Gasteiger partial charge in [0.15, 0.2) is 0 Å². The molecule has 1 heteroatoms. The van der Waals surface area contributed by atoms with Crippen LogP contribution in [-0.2, 0) is 0 Å². The predicted octanol–water partition coefficient (Wildman–Crippen LogP) is 1.49. The van der Waals surface area contributed by atoms with Crippen LogP contribution in [0.5, 0.6) is 0 Å². The second kappa shape index (κ2) is 1.72. The molecule has 1 aliphatic carbocycles. The molecule has 3 fully saturated rings. The Kier molecular flexibility index (Phi) is 1.10. The van der Waals surface area contributed by atoms with Gasteiger partial charge in [-0.05, 0) is 32.2 Å². The Morgan fingerprint density at radius 3 is 2.44 bits per heavy atom. The maximum atomic E-state index is 2.55. The van der Waals surface area contributed by atoms with Gasteiger partial charge in [0.25, 0.3) is 0 Å². The normalized spacial score (nSPS) is 50.7. The lowest BCUT2D eigenvalue weighted by molar-refractivity contribution is -0.0380. The van der Waals surface area contributed by atoms with Crippen molar-refractivity contribution in [2.45, 2.75) is 38.3 Å². The molecule has 0 radical (unpaired) electrons. The van der Waals surface area contributed by atoms with Crippen LogP contribution in [0.4, 0.5) is 0 Å². The van der Waals surface area contributed by atoms with Crippen molar-refractivity contribution in [1.82, 2.24) is 4.90 Å². The van der Waals surface area contributed by atoms with E-state index in [2.05, 4.69) is 18.9 Å². The number of hydrogen-bond donors (Lipinski definition) is 0. The summed E-state index contributed by atoms with van der Waals surface area (Å²) < 4.78 is 0. The zero-order valence-corrected chi connectivity index (χ0v) is 6.30. The van der Waals surface area contributed by atoms with Crippen LogP contribution in [0.25, 0.3) is 0 Å². The van der Waals surface area contributed by atoms with E-state index in [-0.39, 0.29) is 0 Å². The van der Waals surface area contributed by atoms with Gasteiger partial charge in [0, 0.05) is 12.1 Å². The third-order valence-electron chi connectivity index (χ3n) is 3.22. The summed E-state index contributed by atoms with van der Waals surface area (Å²) in [5, 5.41) is 0. The van der Waals surface area contributed by atoms with Gasteiger partial charge >= 0.3 is 0 Å².